The predicted octanol–water partition coefficient (Wildman–Crippen LogP) is 2.44. The number of aromatic amines is 1. The van der Waals surface area contributed by atoms with Crippen molar-refractivity contribution >= 4 is 23.4 Å². The lowest BCUT2D eigenvalue weighted by molar-refractivity contribution is -0.159. The van der Waals surface area contributed by atoms with Crippen LogP contribution in [0.4, 0.5) is 0 Å². The number of H-pyrrole nitrogens is 1. The summed E-state index contributed by atoms with van der Waals surface area (Å²) in [5, 5.41) is 7.24. The Balaban J connectivity index is 1.97. The van der Waals surface area contributed by atoms with Gasteiger partial charge < -0.3 is 14.0 Å². The Morgan fingerprint density at radius 3 is 2.46 bits per heavy atom. The average Bonchev–Trinajstić information content (AvgIpc) is 3.15. The van der Waals surface area contributed by atoms with E-state index in [2.05, 4.69) is 10.2 Å². The zero-order valence-corrected chi connectivity index (χ0v) is 20.6. The minimum absolute atomic E-state index is 0.147. The van der Waals surface area contributed by atoms with Gasteiger partial charge in [0.15, 0.2) is 0 Å². The monoisotopic (exact) mass is 498 g/mol. The smallest absolute Gasteiger partial charge is 0.339 e. The van der Waals surface area contributed by atoms with E-state index in [1.54, 1.807) is 42.8 Å². The fraction of sp³-hybridized carbons (Fsp3) is 0.360. The Hall–Kier alpha value is -3.27. The zero-order chi connectivity index (χ0) is 25.2. The molecule has 0 amide bonds. The third kappa shape index (κ3) is 4.42. The molecule has 1 saturated heterocycles. The number of nitrogens with one attached hydrogen (secondary N) is 1. The largest absolute Gasteiger partial charge is 0.464 e. The molecule has 3 heterocycles. The van der Waals surface area contributed by atoms with Crippen molar-refractivity contribution in [2.45, 2.75) is 19.4 Å². The van der Waals surface area contributed by atoms with Crippen LogP contribution in [0.1, 0.15) is 39.9 Å². The van der Waals surface area contributed by atoms with Gasteiger partial charge >= 0.3 is 5.97 Å². The Labute approximate surface area is 207 Å². The van der Waals surface area contributed by atoms with Gasteiger partial charge in [-0.25, -0.2) is 9.89 Å². The van der Waals surface area contributed by atoms with Crippen molar-refractivity contribution in [3.05, 3.63) is 86.0 Å². The van der Waals surface area contributed by atoms with Crippen LogP contribution >= 0.6 is 11.6 Å². The number of hydrogen-bond acceptors (Lipinski definition) is 7. The van der Waals surface area contributed by atoms with Gasteiger partial charge in [-0.1, -0.05) is 11.6 Å². The first kappa shape index (κ1) is 24.8. The number of aromatic nitrogens is 3. The maximum absolute atomic E-state index is 13.9. The maximum atomic E-state index is 13.9. The second-order valence-electron chi connectivity index (χ2n) is 8.29. The average molecular weight is 499 g/mol. The van der Waals surface area contributed by atoms with Gasteiger partial charge in [0.1, 0.15) is 0 Å². The lowest BCUT2D eigenvalue weighted by atomic mass is 9.87. The van der Waals surface area contributed by atoms with E-state index in [-0.39, 0.29) is 12.4 Å². The number of nitrogens with zero attached hydrogens (tertiary/aromatic N) is 3. The molecule has 1 aromatic carbocycles. The fourth-order valence-corrected chi connectivity index (χ4v) is 4.77. The van der Waals surface area contributed by atoms with E-state index in [0.29, 0.717) is 59.5 Å². The van der Waals surface area contributed by atoms with Crippen LogP contribution in [0.3, 0.4) is 0 Å². The lowest BCUT2D eigenvalue weighted by Gasteiger charge is -2.43. The molecular formula is C25H27ClN4O5. The van der Waals surface area contributed by atoms with E-state index in [4.69, 9.17) is 21.1 Å². The third-order valence-corrected chi connectivity index (χ3v) is 6.47. The Kier molecular flexibility index (Phi) is 7.20. The summed E-state index contributed by atoms with van der Waals surface area (Å²) in [6.45, 7) is 5.36. The number of esters is 1. The third-order valence-electron chi connectivity index (χ3n) is 6.22. The Morgan fingerprint density at radius 2 is 1.86 bits per heavy atom. The highest BCUT2D eigenvalue weighted by Gasteiger charge is 2.53. The molecule has 1 fully saturated rings. The molecule has 9 nitrogen and oxygen atoms in total. The van der Waals surface area contributed by atoms with Gasteiger partial charge in [-0.05, 0) is 55.8 Å². The van der Waals surface area contributed by atoms with Crippen molar-refractivity contribution in [1.82, 2.24) is 19.7 Å². The van der Waals surface area contributed by atoms with Crippen LogP contribution in [0, 0.1) is 6.92 Å². The molecule has 0 spiro atoms. The molecule has 10 heteroatoms. The number of carbonyl (C=O) groups excluding carboxylic acids is 2. The van der Waals surface area contributed by atoms with Crippen molar-refractivity contribution in [3.8, 4) is 0 Å². The van der Waals surface area contributed by atoms with Crippen LogP contribution in [0.5, 0.6) is 0 Å². The minimum atomic E-state index is -1.51. The molecule has 184 valence electrons. The number of halogens is 1. The molecule has 0 saturated carbocycles. The molecule has 1 aliphatic heterocycles. The van der Waals surface area contributed by atoms with Gasteiger partial charge in [0.2, 0.25) is 11.3 Å². The molecule has 0 radical (unpaired) electrons. The molecule has 1 N–H and O–H groups in total. The quantitative estimate of drug-likeness (QED) is 0.394. The van der Waals surface area contributed by atoms with Crippen molar-refractivity contribution < 1.29 is 19.1 Å². The summed E-state index contributed by atoms with van der Waals surface area (Å²) in [5.74, 6) is -0.755. The molecule has 1 unspecified atom stereocenters. The Morgan fingerprint density at radius 1 is 1.17 bits per heavy atom. The SMILES string of the molecule is CCOC(=O)C(c1ccc(=O)[nH]n1)(c1cc(C)c(C(=O)c2ccc(Cl)cc2)n1C)N1CCOCC1. The van der Waals surface area contributed by atoms with E-state index in [1.807, 2.05) is 17.9 Å². The summed E-state index contributed by atoms with van der Waals surface area (Å²) in [7, 11) is 1.74. The van der Waals surface area contributed by atoms with Gasteiger partial charge in [-0.15, -0.1) is 0 Å². The number of hydrogen-bond donors (Lipinski definition) is 1. The van der Waals surface area contributed by atoms with Crippen LogP contribution in [0.15, 0.2) is 47.3 Å². The highest BCUT2D eigenvalue weighted by atomic mass is 35.5. The summed E-state index contributed by atoms with van der Waals surface area (Å²) >= 11 is 6.00. The van der Waals surface area contributed by atoms with Crippen molar-refractivity contribution in [2.75, 3.05) is 32.9 Å². The molecular weight excluding hydrogens is 472 g/mol. The second-order valence-corrected chi connectivity index (χ2v) is 8.73. The topological polar surface area (TPSA) is 107 Å². The van der Waals surface area contributed by atoms with Crippen molar-refractivity contribution in [1.29, 1.82) is 0 Å². The van der Waals surface area contributed by atoms with E-state index in [0.717, 1.165) is 0 Å². The molecule has 2 aromatic heterocycles. The van der Waals surface area contributed by atoms with Crippen molar-refractivity contribution in [2.24, 2.45) is 7.05 Å². The number of ether oxygens (including phenoxy) is 2. The van der Waals surface area contributed by atoms with Crippen LogP contribution in [-0.4, -0.2) is 64.3 Å². The number of rotatable bonds is 7. The summed E-state index contributed by atoms with van der Waals surface area (Å²) in [4.78, 5) is 41.1. The second kappa shape index (κ2) is 10.2. The standard InChI is InChI=1S/C25H27ClN4O5/c1-4-35-24(33)25(30-11-13-34-14-12-30,19-9-10-21(31)28-27-19)20-15-16(2)22(29(20)3)23(32)17-5-7-18(26)8-6-17/h5-10,15H,4,11-14H2,1-3H3,(H,28,31). The van der Waals surface area contributed by atoms with E-state index < -0.39 is 17.1 Å². The number of morpholine rings is 1. The predicted molar refractivity (Wildman–Crippen MR) is 130 cm³/mol. The van der Waals surface area contributed by atoms with E-state index >= 15 is 0 Å². The number of ketones is 1. The van der Waals surface area contributed by atoms with Crippen LogP contribution in [0.2, 0.25) is 5.02 Å². The first-order valence-corrected chi connectivity index (χ1v) is 11.7. The lowest BCUT2D eigenvalue weighted by Crippen LogP contribution is -2.58. The Bertz CT molecular complexity index is 1270. The van der Waals surface area contributed by atoms with Gasteiger partial charge in [-0.2, -0.15) is 5.10 Å². The normalized spacial score (nSPS) is 16.0. The molecule has 0 aliphatic carbocycles. The summed E-state index contributed by atoms with van der Waals surface area (Å²) in [6.07, 6.45) is 0. The summed E-state index contributed by atoms with van der Waals surface area (Å²) in [6, 6.07) is 11.3. The van der Waals surface area contributed by atoms with E-state index in [9.17, 15) is 14.4 Å². The van der Waals surface area contributed by atoms with Crippen LogP contribution < -0.4 is 5.56 Å². The first-order chi connectivity index (χ1) is 16.8. The van der Waals surface area contributed by atoms with Crippen molar-refractivity contribution in [3.63, 3.8) is 0 Å². The van der Waals surface area contributed by atoms with Gasteiger partial charge in [0.25, 0.3) is 5.56 Å². The maximum Gasteiger partial charge on any atom is 0.339 e. The van der Waals surface area contributed by atoms with Gasteiger partial charge in [0, 0.05) is 36.8 Å². The molecule has 3 aromatic rings. The number of carbonyl (C=O) groups is 2. The minimum Gasteiger partial charge on any atom is -0.464 e. The highest BCUT2D eigenvalue weighted by Crippen LogP contribution is 2.39. The van der Waals surface area contributed by atoms with Gasteiger partial charge in [-0.3, -0.25) is 14.5 Å². The van der Waals surface area contributed by atoms with Gasteiger partial charge in [0.05, 0.1) is 36.9 Å². The molecule has 1 atom stereocenters. The van der Waals surface area contributed by atoms with Crippen LogP contribution in [-0.2, 0) is 26.9 Å². The molecule has 35 heavy (non-hydrogen) atoms. The first-order valence-electron chi connectivity index (χ1n) is 11.3. The molecule has 0 bridgehead atoms. The molecule has 1 aliphatic rings. The summed E-state index contributed by atoms with van der Waals surface area (Å²) < 4.78 is 12.9. The fourth-order valence-electron chi connectivity index (χ4n) is 4.65. The van der Waals surface area contributed by atoms with Crippen LogP contribution in [0.25, 0.3) is 0 Å². The molecule has 4 rings (SSSR count). The zero-order valence-electron chi connectivity index (χ0n) is 19.8. The summed E-state index contributed by atoms with van der Waals surface area (Å²) in [5.41, 5.74) is 0.482. The number of benzene rings is 1. The van der Waals surface area contributed by atoms with E-state index in [1.165, 1.54) is 12.1 Å². The highest BCUT2D eigenvalue weighted by molar-refractivity contribution is 6.30. The number of aryl methyl sites for hydroxylation is 1.